The highest BCUT2D eigenvalue weighted by atomic mass is 16.5. The van der Waals surface area contributed by atoms with Crippen LogP contribution in [0, 0.1) is 5.92 Å². The van der Waals surface area contributed by atoms with E-state index in [0.717, 1.165) is 32.2 Å². The minimum absolute atomic E-state index is 0.517. The van der Waals surface area contributed by atoms with Gasteiger partial charge in [-0.15, -0.1) is 0 Å². The molecular weight excluding hydrogens is 212 g/mol. The molecule has 2 heterocycles. The molecule has 0 spiro atoms. The van der Waals surface area contributed by atoms with E-state index in [1.54, 1.807) is 0 Å². The number of nitrogens with one attached hydrogen (secondary N) is 1. The molecule has 17 heavy (non-hydrogen) atoms. The van der Waals surface area contributed by atoms with Gasteiger partial charge in [0.2, 0.25) is 0 Å². The summed E-state index contributed by atoms with van der Waals surface area (Å²) in [5.41, 5.74) is 0. The highest BCUT2D eigenvalue weighted by Gasteiger charge is 2.19. The van der Waals surface area contributed by atoms with E-state index in [0.29, 0.717) is 6.10 Å². The molecule has 2 saturated heterocycles. The summed E-state index contributed by atoms with van der Waals surface area (Å²) in [6, 6.07) is 0. The van der Waals surface area contributed by atoms with E-state index in [-0.39, 0.29) is 0 Å². The Hall–Kier alpha value is -0.120. The van der Waals surface area contributed by atoms with Gasteiger partial charge in [-0.1, -0.05) is 13.3 Å². The number of likely N-dealkylation sites (tertiary alicyclic amines) is 1. The standard InChI is InChI=1S/C14H28N2O/c1-2-13-4-3-9-16(12-13)10-11-17-14-5-7-15-8-6-14/h13-15H,2-12H2,1H3. The molecule has 2 aliphatic heterocycles. The second-order valence-corrected chi connectivity index (χ2v) is 5.54. The van der Waals surface area contributed by atoms with Crippen molar-refractivity contribution in [3.63, 3.8) is 0 Å². The number of nitrogens with zero attached hydrogens (tertiary/aromatic N) is 1. The molecule has 0 amide bonds. The monoisotopic (exact) mass is 240 g/mol. The number of ether oxygens (including phenoxy) is 1. The lowest BCUT2D eigenvalue weighted by Crippen LogP contribution is -2.39. The molecule has 0 aromatic rings. The van der Waals surface area contributed by atoms with Crippen molar-refractivity contribution in [2.45, 2.75) is 45.1 Å². The Labute approximate surface area is 106 Å². The maximum Gasteiger partial charge on any atom is 0.0600 e. The van der Waals surface area contributed by atoms with E-state index in [9.17, 15) is 0 Å². The van der Waals surface area contributed by atoms with Gasteiger partial charge in [-0.3, -0.25) is 0 Å². The van der Waals surface area contributed by atoms with Crippen LogP contribution in [-0.4, -0.2) is 50.3 Å². The predicted molar refractivity (Wildman–Crippen MR) is 71.3 cm³/mol. The van der Waals surface area contributed by atoms with Gasteiger partial charge in [0.05, 0.1) is 12.7 Å². The Morgan fingerprint density at radius 1 is 1.24 bits per heavy atom. The van der Waals surface area contributed by atoms with E-state index in [1.165, 1.54) is 45.2 Å². The molecule has 0 radical (unpaired) electrons. The van der Waals surface area contributed by atoms with Crippen LogP contribution in [0.25, 0.3) is 0 Å². The molecule has 1 unspecified atom stereocenters. The fourth-order valence-corrected chi connectivity index (χ4v) is 3.00. The second kappa shape index (κ2) is 7.34. The average molecular weight is 240 g/mol. The highest BCUT2D eigenvalue weighted by molar-refractivity contribution is 4.72. The lowest BCUT2D eigenvalue weighted by atomic mass is 9.96. The summed E-state index contributed by atoms with van der Waals surface area (Å²) in [5, 5.41) is 3.38. The van der Waals surface area contributed by atoms with Crippen LogP contribution >= 0.6 is 0 Å². The summed E-state index contributed by atoms with van der Waals surface area (Å²) >= 11 is 0. The molecule has 0 aromatic carbocycles. The Morgan fingerprint density at radius 3 is 2.82 bits per heavy atom. The third kappa shape index (κ3) is 4.57. The van der Waals surface area contributed by atoms with Crippen LogP contribution in [-0.2, 0) is 4.74 Å². The minimum atomic E-state index is 0.517. The van der Waals surface area contributed by atoms with Crippen molar-refractivity contribution in [3.8, 4) is 0 Å². The number of hydrogen-bond acceptors (Lipinski definition) is 3. The Kier molecular flexibility index (Phi) is 5.75. The molecule has 0 saturated carbocycles. The summed E-state index contributed by atoms with van der Waals surface area (Å²) in [6.07, 6.45) is 7.05. The van der Waals surface area contributed by atoms with Crippen molar-refractivity contribution < 1.29 is 4.74 Å². The molecule has 2 rings (SSSR count). The molecule has 3 nitrogen and oxygen atoms in total. The average Bonchev–Trinajstić information content (AvgIpc) is 2.40. The number of piperidine rings is 2. The van der Waals surface area contributed by atoms with Crippen LogP contribution < -0.4 is 5.32 Å². The first kappa shape index (κ1) is 13.3. The van der Waals surface area contributed by atoms with Gasteiger partial charge < -0.3 is 15.0 Å². The fourth-order valence-electron chi connectivity index (χ4n) is 3.00. The third-order valence-electron chi connectivity index (χ3n) is 4.23. The summed E-state index contributed by atoms with van der Waals surface area (Å²) in [7, 11) is 0. The zero-order chi connectivity index (χ0) is 11.9. The minimum Gasteiger partial charge on any atom is -0.377 e. The summed E-state index contributed by atoms with van der Waals surface area (Å²) < 4.78 is 5.97. The van der Waals surface area contributed by atoms with E-state index in [4.69, 9.17) is 4.74 Å². The smallest absolute Gasteiger partial charge is 0.0600 e. The molecule has 0 aromatic heterocycles. The van der Waals surface area contributed by atoms with Crippen molar-refractivity contribution in [3.05, 3.63) is 0 Å². The van der Waals surface area contributed by atoms with E-state index in [1.807, 2.05) is 0 Å². The molecule has 100 valence electrons. The molecule has 1 atom stereocenters. The molecule has 3 heteroatoms. The second-order valence-electron chi connectivity index (χ2n) is 5.54. The van der Waals surface area contributed by atoms with Crippen LogP contribution in [0.3, 0.4) is 0 Å². The molecular formula is C14H28N2O. The van der Waals surface area contributed by atoms with Crippen molar-refractivity contribution >= 4 is 0 Å². The van der Waals surface area contributed by atoms with Gasteiger partial charge in [-0.25, -0.2) is 0 Å². The zero-order valence-corrected chi connectivity index (χ0v) is 11.3. The van der Waals surface area contributed by atoms with Crippen LogP contribution in [0.2, 0.25) is 0 Å². The van der Waals surface area contributed by atoms with Gasteiger partial charge in [0.15, 0.2) is 0 Å². The Morgan fingerprint density at radius 2 is 2.06 bits per heavy atom. The summed E-state index contributed by atoms with van der Waals surface area (Å²) in [6.45, 7) is 9.23. The van der Waals surface area contributed by atoms with Gasteiger partial charge in [-0.05, 0) is 51.2 Å². The number of hydrogen-bond donors (Lipinski definition) is 1. The van der Waals surface area contributed by atoms with Gasteiger partial charge in [0, 0.05) is 13.1 Å². The maximum absolute atomic E-state index is 5.97. The third-order valence-corrected chi connectivity index (χ3v) is 4.23. The fraction of sp³-hybridized carbons (Fsp3) is 1.00. The lowest BCUT2D eigenvalue weighted by molar-refractivity contribution is 0.0142. The van der Waals surface area contributed by atoms with Crippen LogP contribution in [0.1, 0.15) is 39.0 Å². The summed E-state index contributed by atoms with van der Waals surface area (Å²) in [4.78, 5) is 2.60. The molecule has 0 bridgehead atoms. The van der Waals surface area contributed by atoms with Crippen molar-refractivity contribution in [1.82, 2.24) is 10.2 Å². The Balaban J connectivity index is 1.57. The van der Waals surface area contributed by atoms with E-state index >= 15 is 0 Å². The predicted octanol–water partition coefficient (Wildman–Crippen LogP) is 1.88. The zero-order valence-electron chi connectivity index (χ0n) is 11.3. The lowest BCUT2D eigenvalue weighted by Gasteiger charge is -2.32. The maximum atomic E-state index is 5.97. The SMILES string of the molecule is CCC1CCCN(CCOC2CCNCC2)C1. The van der Waals surface area contributed by atoms with E-state index in [2.05, 4.69) is 17.1 Å². The topological polar surface area (TPSA) is 24.5 Å². The first-order valence-electron chi connectivity index (χ1n) is 7.43. The first-order chi connectivity index (χ1) is 8.38. The van der Waals surface area contributed by atoms with Crippen LogP contribution in [0.5, 0.6) is 0 Å². The summed E-state index contributed by atoms with van der Waals surface area (Å²) in [5.74, 6) is 0.933. The van der Waals surface area contributed by atoms with Gasteiger partial charge in [0.1, 0.15) is 0 Å². The molecule has 2 aliphatic rings. The van der Waals surface area contributed by atoms with Crippen molar-refractivity contribution in [2.75, 3.05) is 39.3 Å². The number of rotatable bonds is 5. The highest BCUT2D eigenvalue weighted by Crippen LogP contribution is 2.18. The van der Waals surface area contributed by atoms with E-state index < -0.39 is 0 Å². The van der Waals surface area contributed by atoms with Gasteiger partial charge in [-0.2, -0.15) is 0 Å². The Bertz CT molecular complexity index is 204. The molecule has 2 fully saturated rings. The quantitative estimate of drug-likeness (QED) is 0.794. The van der Waals surface area contributed by atoms with Crippen LogP contribution in [0.4, 0.5) is 0 Å². The first-order valence-corrected chi connectivity index (χ1v) is 7.43. The molecule has 1 N–H and O–H groups in total. The van der Waals surface area contributed by atoms with Gasteiger partial charge in [0.25, 0.3) is 0 Å². The van der Waals surface area contributed by atoms with Gasteiger partial charge >= 0.3 is 0 Å². The van der Waals surface area contributed by atoms with Crippen molar-refractivity contribution in [1.29, 1.82) is 0 Å². The van der Waals surface area contributed by atoms with Crippen molar-refractivity contribution in [2.24, 2.45) is 5.92 Å². The largest absolute Gasteiger partial charge is 0.377 e. The van der Waals surface area contributed by atoms with Crippen LogP contribution in [0.15, 0.2) is 0 Å². The normalized spacial score (nSPS) is 28.4. The molecule has 0 aliphatic carbocycles.